The average Bonchev–Trinajstić information content (AvgIpc) is 2.74. The van der Waals surface area contributed by atoms with Crippen LogP contribution in [0.5, 0.6) is 5.75 Å². The van der Waals surface area contributed by atoms with Crippen LogP contribution in [-0.4, -0.2) is 6.29 Å². The molecule has 3 aromatic carbocycles. The first kappa shape index (κ1) is 20.3. The van der Waals surface area contributed by atoms with Gasteiger partial charge in [0.2, 0.25) is 0 Å². The van der Waals surface area contributed by atoms with Crippen molar-refractivity contribution in [2.24, 2.45) is 0 Å². The SMILES string of the molecule is O=Cc1ccc(OP(=O)(OCc2ccccc2)OCc2ccccc2)c(Cl)c1. The fourth-order valence-corrected chi connectivity index (χ4v) is 3.81. The summed E-state index contributed by atoms with van der Waals surface area (Å²) in [5.74, 6) is 0.108. The summed E-state index contributed by atoms with van der Waals surface area (Å²) < 4.78 is 29.9. The maximum absolute atomic E-state index is 13.2. The lowest BCUT2D eigenvalue weighted by Gasteiger charge is -2.19. The molecule has 0 aliphatic rings. The van der Waals surface area contributed by atoms with Crippen LogP contribution in [0.3, 0.4) is 0 Å². The molecule has 0 N–H and O–H groups in total. The zero-order valence-corrected chi connectivity index (χ0v) is 16.5. The van der Waals surface area contributed by atoms with Gasteiger partial charge in [-0.25, -0.2) is 4.57 Å². The van der Waals surface area contributed by atoms with Crippen molar-refractivity contribution in [3.8, 4) is 5.75 Å². The molecule has 5 nitrogen and oxygen atoms in total. The molecule has 0 aromatic heterocycles. The van der Waals surface area contributed by atoms with Crippen molar-refractivity contribution in [2.45, 2.75) is 13.2 Å². The van der Waals surface area contributed by atoms with Gasteiger partial charge in [-0.2, -0.15) is 0 Å². The van der Waals surface area contributed by atoms with Gasteiger partial charge in [0.1, 0.15) is 12.0 Å². The van der Waals surface area contributed by atoms with Crippen LogP contribution in [0.1, 0.15) is 21.5 Å². The topological polar surface area (TPSA) is 61.8 Å². The lowest BCUT2D eigenvalue weighted by atomic mass is 10.2. The second-order valence-electron chi connectivity index (χ2n) is 5.86. The number of carbonyl (C=O) groups excluding carboxylic acids is 1. The summed E-state index contributed by atoms with van der Waals surface area (Å²) in [6.45, 7) is 0.0773. The summed E-state index contributed by atoms with van der Waals surface area (Å²) in [6.07, 6.45) is 0.660. The number of carbonyl (C=O) groups is 1. The van der Waals surface area contributed by atoms with Crippen molar-refractivity contribution < 1.29 is 22.9 Å². The molecule has 0 radical (unpaired) electrons. The monoisotopic (exact) mass is 416 g/mol. The van der Waals surface area contributed by atoms with Crippen LogP contribution in [-0.2, 0) is 26.8 Å². The van der Waals surface area contributed by atoms with Crippen molar-refractivity contribution in [3.63, 3.8) is 0 Å². The first-order valence-corrected chi connectivity index (χ1v) is 10.3. The maximum Gasteiger partial charge on any atom is 0.530 e. The highest BCUT2D eigenvalue weighted by atomic mass is 35.5. The third-order valence-corrected chi connectivity index (χ3v) is 5.37. The van der Waals surface area contributed by atoms with E-state index in [1.807, 2.05) is 60.7 Å². The Morgan fingerprint density at radius 3 is 1.82 bits per heavy atom. The van der Waals surface area contributed by atoms with Gasteiger partial charge >= 0.3 is 7.82 Å². The lowest BCUT2D eigenvalue weighted by Crippen LogP contribution is -2.04. The van der Waals surface area contributed by atoms with Crippen LogP contribution in [0.15, 0.2) is 78.9 Å². The Bertz CT molecular complexity index is 916. The fraction of sp³-hybridized carbons (Fsp3) is 0.0952. The van der Waals surface area contributed by atoms with E-state index >= 15 is 0 Å². The van der Waals surface area contributed by atoms with Crippen molar-refractivity contribution in [2.75, 3.05) is 0 Å². The minimum atomic E-state index is -4.00. The standard InChI is InChI=1S/C21H18ClO5P/c22-20-13-19(14-23)11-12-21(20)27-28(24,25-15-17-7-3-1-4-8-17)26-16-18-9-5-2-6-10-18/h1-14H,15-16H2. The zero-order valence-electron chi connectivity index (χ0n) is 14.9. The van der Waals surface area contributed by atoms with Crippen molar-refractivity contribution in [3.05, 3.63) is 101 Å². The predicted octanol–water partition coefficient (Wildman–Crippen LogP) is 6.07. The minimum absolute atomic E-state index is 0.0386. The number of hydrogen-bond donors (Lipinski definition) is 0. The Hall–Kier alpha value is -2.43. The number of rotatable bonds is 9. The Labute approximate surface area is 168 Å². The first-order valence-electron chi connectivity index (χ1n) is 8.49. The van der Waals surface area contributed by atoms with E-state index in [-0.39, 0.29) is 24.0 Å². The van der Waals surface area contributed by atoms with E-state index in [1.54, 1.807) is 0 Å². The minimum Gasteiger partial charge on any atom is -0.402 e. The smallest absolute Gasteiger partial charge is 0.402 e. The summed E-state index contributed by atoms with van der Waals surface area (Å²) in [5, 5.41) is 0.136. The summed E-state index contributed by atoms with van der Waals surface area (Å²) in [5.41, 5.74) is 2.01. The molecule has 0 unspecified atom stereocenters. The molecule has 0 spiro atoms. The molecule has 3 aromatic rings. The van der Waals surface area contributed by atoms with Crippen molar-refractivity contribution >= 4 is 25.7 Å². The molecule has 0 saturated carbocycles. The fourth-order valence-electron chi connectivity index (χ4n) is 2.33. The highest BCUT2D eigenvalue weighted by molar-refractivity contribution is 7.48. The predicted molar refractivity (Wildman–Crippen MR) is 108 cm³/mol. The van der Waals surface area contributed by atoms with Crippen molar-refractivity contribution in [1.82, 2.24) is 0 Å². The van der Waals surface area contributed by atoms with Crippen LogP contribution in [0, 0.1) is 0 Å². The average molecular weight is 417 g/mol. The van der Waals surface area contributed by atoms with E-state index in [4.69, 9.17) is 25.2 Å². The Morgan fingerprint density at radius 2 is 1.36 bits per heavy atom. The van der Waals surface area contributed by atoms with Crippen LogP contribution in [0.4, 0.5) is 0 Å². The summed E-state index contributed by atoms with van der Waals surface area (Å²) in [4.78, 5) is 10.9. The Balaban J connectivity index is 1.78. The second kappa shape index (κ2) is 9.67. The molecular formula is C21H18ClO5P. The van der Waals surface area contributed by atoms with E-state index in [2.05, 4.69) is 0 Å². The van der Waals surface area contributed by atoms with Crippen molar-refractivity contribution in [1.29, 1.82) is 0 Å². The number of phosphoric ester groups is 1. The molecule has 0 aliphatic carbocycles. The van der Waals surface area contributed by atoms with Gasteiger partial charge in [-0.1, -0.05) is 72.3 Å². The molecule has 7 heteroatoms. The van der Waals surface area contributed by atoms with E-state index < -0.39 is 7.82 Å². The van der Waals surface area contributed by atoms with Gasteiger partial charge in [-0.05, 0) is 29.3 Å². The molecule has 144 valence electrons. The number of phosphoric acid groups is 1. The summed E-state index contributed by atoms with van der Waals surface area (Å²) >= 11 is 6.13. The number of aldehydes is 1. The summed E-state index contributed by atoms with van der Waals surface area (Å²) in [7, 11) is -4.00. The molecule has 0 aliphatic heterocycles. The molecule has 0 atom stereocenters. The largest absolute Gasteiger partial charge is 0.530 e. The molecular weight excluding hydrogens is 399 g/mol. The van der Waals surface area contributed by atoms with E-state index in [0.717, 1.165) is 11.1 Å². The second-order valence-corrected chi connectivity index (χ2v) is 7.86. The molecule has 0 fully saturated rings. The first-order chi connectivity index (χ1) is 13.6. The Morgan fingerprint density at radius 1 is 0.821 bits per heavy atom. The molecule has 0 heterocycles. The van der Waals surface area contributed by atoms with Crippen LogP contribution in [0.2, 0.25) is 5.02 Å². The van der Waals surface area contributed by atoms with Gasteiger partial charge in [-0.15, -0.1) is 0 Å². The van der Waals surface area contributed by atoms with Gasteiger partial charge in [0.25, 0.3) is 0 Å². The molecule has 0 amide bonds. The Kier molecular flexibility index (Phi) is 7.01. The van der Waals surface area contributed by atoms with E-state index in [9.17, 15) is 9.36 Å². The number of halogens is 1. The highest BCUT2D eigenvalue weighted by Gasteiger charge is 2.30. The molecule has 3 rings (SSSR count). The van der Waals surface area contributed by atoms with Crippen LogP contribution >= 0.6 is 19.4 Å². The van der Waals surface area contributed by atoms with Crippen LogP contribution < -0.4 is 4.52 Å². The number of benzene rings is 3. The molecule has 0 saturated heterocycles. The third-order valence-electron chi connectivity index (χ3n) is 3.77. The van der Waals surface area contributed by atoms with Gasteiger partial charge < -0.3 is 4.52 Å². The zero-order chi connectivity index (χ0) is 19.8. The molecule has 0 bridgehead atoms. The third kappa shape index (κ3) is 5.78. The number of hydrogen-bond acceptors (Lipinski definition) is 5. The van der Waals surface area contributed by atoms with E-state index in [1.165, 1.54) is 18.2 Å². The van der Waals surface area contributed by atoms with Crippen LogP contribution in [0.25, 0.3) is 0 Å². The highest BCUT2D eigenvalue weighted by Crippen LogP contribution is 2.52. The maximum atomic E-state index is 13.2. The van der Waals surface area contributed by atoms with E-state index in [0.29, 0.717) is 11.8 Å². The van der Waals surface area contributed by atoms with Gasteiger partial charge in [0.05, 0.1) is 18.2 Å². The van der Waals surface area contributed by atoms with Gasteiger partial charge in [0, 0.05) is 5.56 Å². The lowest BCUT2D eigenvalue weighted by molar-refractivity contribution is 0.112. The molecule has 28 heavy (non-hydrogen) atoms. The van der Waals surface area contributed by atoms with Gasteiger partial charge in [0.15, 0.2) is 0 Å². The quantitative estimate of drug-likeness (QED) is 0.313. The normalized spacial score (nSPS) is 11.2. The summed E-state index contributed by atoms with van der Waals surface area (Å²) in [6, 6.07) is 22.9. The van der Waals surface area contributed by atoms with Gasteiger partial charge in [-0.3, -0.25) is 13.8 Å².